The number of nitrogen functional groups attached to an aromatic ring is 1. The normalized spacial score (nSPS) is 12.7. The van der Waals surface area contributed by atoms with Crippen LogP contribution in [-0.4, -0.2) is 4.98 Å². The first kappa shape index (κ1) is 12.6. The van der Waals surface area contributed by atoms with E-state index in [2.05, 4.69) is 53.0 Å². The molecule has 90 valence electrons. The van der Waals surface area contributed by atoms with Crippen LogP contribution < -0.4 is 5.73 Å². The van der Waals surface area contributed by atoms with Gasteiger partial charge in [0.05, 0.1) is 5.69 Å². The molecule has 2 nitrogen and oxygen atoms in total. The van der Waals surface area contributed by atoms with Crippen LogP contribution in [0, 0.1) is 13.8 Å². The summed E-state index contributed by atoms with van der Waals surface area (Å²) in [4.78, 5) is 5.53. The van der Waals surface area contributed by atoms with Crippen molar-refractivity contribution in [1.82, 2.24) is 4.98 Å². The Morgan fingerprint density at radius 1 is 1.35 bits per heavy atom. The molecule has 0 bridgehead atoms. The molecular weight excluding hydrogens is 296 g/mol. The van der Waals surface area contributed by atoms with Crippen molar-refractivity contribution < 1.29 is 0 Å². The van der Waals surface area contributed by atoms with Gasteiger partial charge in [0.15, 0.2) is 5.13 Å². The molecule has 0 saturated heterocycles. The van der Waals surface area contributed by atoms with Crippen molar-refractivity contribution in [2.75, 3.05) is 5.73 Å². The summed E-state index contributed by atoms with van der Waals surface area (Å²) in [5.74, 6) is 0.319. The maximum atomic E-state index is 5.76. The van der Waals surface area contributed by atoms with Gasteiger partial charge < -0.3 is 5.73 Å². The average Bonchev–Trinajstić information content (AvgIpc) is 2.61. The van der Waals surface area contributed by atoms with E-state index in [9.17, 15) is 0 Å². The molecule has 0 aliphatic heterocycles. The van der Waals surface area contributed by atoms with Crippen molar-refractivity contribution in [2.24, 2.45) is 0 Å². The second-order valence-corrected chi connectivity index (χ2v) is 6.06. The van der Waals surface area contributed by atoms with Crippen molar-refractivity contribution in [3.05, 3.63) is 44.4 Å². The van der Waals surface area contributed by atoms with Gasteiger partial charge >= 0.3 is 0 Å². The SMILES string of the molecule is Cc1cccc(C(C)c2sc(N)nc2C)c1Br. The molecule has 4 heteroatoms. The summed E-state index contributed by atoms with van der Waals surface area (Å²) in [5, 5.41) is 0.646. The van der Waals surface area contributed by atoms with E-state index in [1.165, 1.54) is 20.5 Å². The van der Waals surface area contributed by atoms with E-state index in [1.54, 1.807) is 11.3 Å². The van der Waals surface area contributed by atoms with Crippen LogP contribution in [0.15, 0.2) is 22.7 Å². The molecule has 17 heavy (non-hydrogen) atoms. The predicted octanol–water partition coefficient (Wildman–Crippen LogP) is 4.26. The third kappa shape index (κ3) is 2.38. The largest absolute Gasteiger partial charge is 0.375 e. The summed E-state index contributed by atoms with van der Waals surface area (Å²) >= 11 is 5.24. The monoisotopic (exact) mass is 310 g/mol. The van der Waals surface area contributed by atoms with Gasteiger partial charge in [-0.1, -0.05) is 41.1 Å². The van der Waals surface area contributed by atoms with E-state index >= 15 is 0 Å². The summed E-state index contributed by atoms with van der Waals surface area (Å²) in [6.45, 7) is 6.32. The predicted molar refractivity (Wildman–Crippen MR) is 77.7 cm³/mol. The van der Waals surface area contributed by atoms with Gasteiger partial charge in [-0.15, -0.1) is 11.3 Å². The number of thiazole rings is 1. The van der Waals surface area contributed by atoms with Crippen LogP contribution >= 0.6 is 27.3 Å². The number of hydrogen-bond acceptors (Lipinski definition) is 3. The fourth-order valence-electron chi connectivity index (χ4n) is 1.98. The number of nitrogens with two attached hydrogens (primary N) is 1. The van der Waals surface area contributed by atoms with Gasteiger partial charge in [0.1, 0.15) is 0 Å². The Hall–Kier alpha value is -0.870. The molecule has 1 atom stereocenters. The number of nitrogens with zero attached hydrogens (tertiary/aromatic N) is 1. The van der Waals surface area contributed by atoms with E-state index < -0.39 is 0 Å². The first-order chi connectivity index (χ1) is 8.00. The highest BCUT2D eigenvalue weighted by Gasteiger charge is 2.17. The zero-order valence-electron chi connectivity index (χ0n) is 10.1. The second-order valence-electron chi connectivity index (χ2n) is 4.20. The van der Waals surface area contributed by atoms with Crippen LogP contribution in [0.25, 0.3) is 0 Å². The standard InChI is InChI=1S/C13H15BrN2S/c1-7-5-4-6-10(11(7)14)8(2)12-9(3)16-13(15)17-12/h4-6,8H,1-3H3,(H2,15,16). The van der Waals surface area contributed by atoms with Crippen LogP contribution in [-0.2, 0) is 0 Å². The quantitative estimate of drug-likeness (QED) is 0.900. The zero-order valence-corrected chi connectivity index (χ0v) is 12.5. The lowest BCUT2D eigenvalue weighted by atomic mass is 9.97. The number of halogens is 1. The third-order valence-corrected chi connectivity index (χ3v) is 5.18. The van der Waals surface area contributed by atoms with Crippen LogP contribution in [0.5, 0.6) is 0 Å². The fourth-order valence-corrected chi connectivity index (χ4v) is 3.49. The molecule has 2 rings (SSSR count). The summed E-state index contributed by atoms with van der Waals surface area (Å²) < 4.78 is 1.18. The highest BCUT2D eigenvalue weighted by molar-refractivity contribution is 9.10. The number of hydrogen-bond donors (Lipinski definition) is 1. The number of aromatic nitrogens is 1. The first-order valence-electron chi connectivity index (χ1n) is 5.48. The van der Waals surface area contributed by atoms with Crippen molar-refractivity contribution in [2.45, 2.75) is 26.7 Å². The van der Waals surface area contributed by atoms with Gasteiger partial charge in [0.25, 0.3) is 0 Å². The van der Waals surface area contributed by atoms with Gasteiger partial charge in [0, 0.05) is 15.3 Å². The lowest BCUT2D eigenvalue weighted by Crippen LogP contribution is -1.98. The van der Waals surface area contributed by atoms with E-state index in [0.29, 0.717) is 11.0 Å². The molecular formula is C13H15BrN2S. The Kier molecular flexibility index (Phi) is 3.54. The van der Waals surface area contributed by atoms with E-state index in [-0.39, 0.29) is 0 Å². The third-order valence-electron chi connectivity index (χ3n) is 2.93. The number of benzene rings is 1. The Morgan fingerprint density at radius 3 is 2.65 bits per heavy atom. The molecule has 1 unspecified atom stereocenters. The number of aryl methyl sites for hydroxylation is 2. The molecule has 0 spiro atoms. The zero-order chi connectivity index (χ0) is 12.6. The Balaban J connectivity index is 2.47. The van der Waals surface area contributed by atoms with Crippen LogP contribution in [0.2, 0.25) is 0 Å². The molecule has 0 amide bonds. The molecule has 2 N–H and O–H groups in total. The first-order valence-corrected chi connectivity index (χ1v) is 7.09. The topological polar surface area (TPSA) is 38.9 Å². The summed E-state index contributed by atoms with van der Waals surface area (Å²) in [6, 6.07) is 6.34. The molecule has 1 aromatic carbocycles. The van der Waals surface area contributed by atoms with Crippen molar-refractivity contribution in [3.8, 4) is 0 Å². The fraction of sp³-hybridized carbons (Fsp3) is 0.308. The smallest absolute Gasteiger partial charge is 0.180 e. The summed E-state index contributed by atoms with van der Waals surface area (Å²) in [6.07, 6.45) is 0. The molecule has 1 aromatic heterocycles. The minimum atomic E-state index is 0.319. The summed E-state index contributed by atoms with van der Waals surface area (Å²) in [7, 11) is 0. The Morgan fingerprint density at radius 2 is 2.06 bits per heavy atom. The maximum Gasteiger partial charge on any atom is 0.180 e. The van der Waals surface area contributed by atoms with Crippen molar-refractivity contribution in [1.29, 1.82) is 0 Å². The molecule has 0 saturated carbocycles. The molecule has 2 aromatic rings. The molecule has 0 fully saturated rings. The van der Waals surface area contributed by atoms with Gasteiger partial charge in [-0.05, 0) is 25.0 Å². The van der Waals surface area contributed by atoms with Crippen molar-refractivity contribution >= 4 is 32.4 Å². The van der Waals surface area contributed by atoms with Crippen LogP contribution in [0.3, 0.4) is 0 Å². The number of anilines is 1. The number of rotatable bonds is 2. The molecule has 0 aliphatic carbocycles. The Labute approximate surface area is 114 Å². The van der Waals surface area contributed by atoms with Gasteiger partial charge in [-0.2, -0.15) is 0 Å². The van der Waals surface area contributed by atoms with Crippen LogP contribution in [0.4, 0.5) is 5.13 Å². The minimum absolute atomic E-state index is 0.319. The molecule has 0 radical (unpaired) electrons. The minimum Gasteiger partial charge on any atom is -0.375 e. The van der Waals surface area contributed by atoms with Gasteiger partial charge in [-0.3, -0.25) is 0 Å². The van der Waals surface area contributed by atoms with E-state index in [0.717, 1.165) is 5.69 Å². The maximum absolute atomic E-state index is 5.76. The second kappa shape index (κ2) is 4.78. The Bertz CT molecular complexity index is 548. The van der Waals surface area contributed by atoms with E-state index in [4.69, 9.17) is 5.73 Å². The average molecular weight is 311 g/mol. The van der Waals surface area contributed by atoms with E-state index in [1.807, 2.05) is 6.92 Å². The molecule has 0 aliphatic rings. The van der Waals surface area contributed by atoms with Crippen LogP contribution in [0.1, 0.15) is 34.5 Å². The van der Waals surface area contributed by atoms with Gasteiger partial charge in [-0.25, -0.2) is 4.98 Å². The van der Waals surface area contributed by atoms with Crippen molar-refractivity contribution in [3.63, 3.8) is 0 Å². The lowest BCUT2D eigenvalue weighted by molar-refractivity contribution is 0.917. The lowest BCUT2D eigenvalue weighted by Gasteiger charge is -2.14. The summed E-state index contributed by atoms with van der Waals surface area (Å²) in [5.41, 5.74) is 9.34. The molecule has 1 heterocycles. The van der Waals surface area contributed by atoms with Gasteiger partial charge in [0.2, 0.25) is 0 Å². The highest BCUT2D eigenvalue weighted by Crippen LogP contribution is 2.36. The highest BCUT2D eigenvalue weighted by atomic mass is 79.9.